The van der Waals surface area contributed by atoms with Crippen LogP contribution in [0.3, 0.4) is 0 Å². The highest BCUT2D eigenvalue weighted by Crippen LogP contribution is 2.18. The number of rotatable bonds is 6. The lowest BCUT2D eigenvalue weighted by Gasteiger charge is -2.17. The SMILES string of the molecule is C=CCN(C(=O)/C([N+]#N)=C(\O)OCC)c1ccccc1. The van der Waals surface area contributed by atoms with E-state index >= 15 is 0 Å². The van der Waals surface area contributed by atoms with Gasteiger partial charge in [0.05, 0.1) is 6.61 Å². The summed E-state index contributed by atoms with van der Waals surface area (Å²) in [7, 11) is 0. The van der Waals surface area contributed by atoms with Crippen LogP contribution in [0.1, 0.15) is 6.92 Å². The summed E-state index contributed by atoms with van der Waals surface area (Å²) in [6, 6.07) is 8.77. The molecule has 0 spiro atoms. The molecule has 0 saturated heterocycles. The number of carbonyl (C=O) groups is 1. The first-order chi connectivity index (χ1) is 9.65. The summed E-state index contributed by atoms with van der Waals surface area (Å²) in [4.78, 5) is 16.4. The molecule has 0 aliphatic rings. The number of nitrogens with zero attached hydrogens (tertiary/aromatic N) is 3. The van der Waals surface area contributed by atoms with E-state index in [2.05, 4.69) is 11.6 Å². The van der Waals surface area contributed by atoms with E-state index in [-0.39, 0.29) is 13.2 Å². The van der Waals surface area contributed by atoms with Crippen molar-refractivity contribution in [3.8, 4) is 0 Å². The Labute approximate surface area is 117 Å². The van der Waals surface area contributed by atoms with Crippen molar-refractivity contribution < 1.29 is 14.6 Å². The summed E-state index contributed by atoms with van der Waals surface area (Å²) in [5.74, 6) is -1.41. The predicted octanol–water partition coefficient (Wildman–Crippen LogP) is 2.82. The Balaban J connectivity index is 3.15. The number of anilines is 1. The fourth-order valence-electron chi connectivity index (χ4n) is 1.55. The lowest BCUT2D eigenvalue weighted by atomic mass is 10.2. The number of carbonyl (C=O) groups excluding carboxylic acids is 1. The van der Waals surface area contributed by atoms with E-state index < -0.39 is 17.5 Å². The molecule has 6 heteroatoms. The topological polar surface area (TPSA) is 77.9 Å². The van der Waals surface area contributed by atoms with Crippen LogP contribution in [0.15, 0.2) is 54.6 Å². The van der Waals surface area contributed by atoms with Crippen LogP contribution in [-0.2, 0) is 9.53 Å². The Morgan fingerprint density at radius 2 is 2.15 bits per heavy atom. The average Bonchev–Trinajstić information content (AvgIpc) is 2.46. The number of para-hydroxylation sites is 1. The van der Waals surface area contributed by atoms with Crippen molar-refractivity contribution >= 4 is 11.6 Å². The monoisotopic (exact) mass is 274 g/mol. The van der Waals surface area contributed by atoms with Crippen molar-refractivity contribution in [2.75, 3.05) is 18.1 Å². The Morgan fingerprint density at radius 3 is 2.65 bits per heavy atom. The van der Waals surface area contributed by atoms with Gasteiger partial charge in [-0.2, -0.15) is 0 Å². The number of diazo groups is 1. The van der Waals surface area contributed by atoms with Gasteiger partial charge in [0.1, 0.15) is 0 Å². The first-order valence-corrected chi connectivity index (χ1v) is 6.04. The average molecular weight is 274 g/mol. The molecule has 104 valence electrons. The van der Waals surface area contributed by atoms with Gasteiger partial charge in [0.15, 0.2) is 4.98 Å². The van der Waals surface area contributed by atoms with Gasteiger partial charge in [0.25, 0.3) is 0 Å². The first-order valence-electron chi connectivity index (χ1n) is 6.04. The van der Waals surface area contributed by atoms with Crippen LogP contribution in [0.5, 0.6) is 0 Å². The molecule has 1 amide bonds. The third-order valence-corrected chi connectivity index (χ3v) is 2.41. The number of hydrogen-bond donors (Lipinski definition) is 1. The Hall–Kier alpha value is -2.81. The number of hydrogen-bond acceptors (Lipinski definition) is 4. The highest BCUT2D eigenvalue weighted by atomic mass is 16.6. The highest BCUT2D eigenvalue weighted by molar-refractivity contribution is 6.07. The predicted molar refractivity (Wildman–Crippen MR) is 75.4 cm³/mol. The maximum absolute atomic E-state index is 12.3. The minimum Gasteiger partial charge on any atom is -0.475 e. The second-order valence-electron chi connectivity index (χ2n) is 3.73. The van der Waals surface area contributed by atoms with Crippen LogP contribution < -0.4 is 4.90 Å². The number of benzene rings is 1. The van der Waals surface area contributed by atoms with Crippen LogP contribution >= 0.6 is 0 Å². The molecule has 6 nitrogen and oxygen atoms in total. The fourth-order valence-corrected chi connectivity index (χ4v) is 1.55. The summed E-state index contributed by atoms with van der Waals surface area (Å²) in [5.41, 5.74) is 0.0281. The number of amides is 1. The normalized spacial score (nSPS) is 11.0. The van der Waals surface area contributed by atoms with Crippen LogP contribution in [0, 0.1) is 5.39 Å². The fraction of sp³-hybridized carbons (Fsp3) is 0.214. The summed E-state index contributed by atoms with van der Waals surface area (Å²) in [6.07, 6.45) is 1.53. The third kappa shape index (κ3) is 3.59. The van der Waals surface area contributed by atoms with Gasteiger partial charge in [-0.1, -0.05) is 24.3 Å². The van der Waals surface area contributed by atoms with Crippen molar-refractivity contribution in [1.82, 2.24) is 0 Å². The summed E-state index contributed by atoms with van der Waals surface area (Å²) < 4.78 is 4.79. The molecule has 1 aromatic rings. The van der Waals surface area contributed by atoms with Crippen molar-refractivity contribution in [1.29, 1.82) is 5.39 Å². The van der Waals surface area contributed by atoms with Gasteiger partial charge in [-0.05, 0) is 19.1 Å². The van der Waals surface area contributed by atoms with Crippen LogP contribution in [-0.4, -0.2) is 24.2 Å². The van der Waals surface area contributed by atoms with Crippen molar-refractivity contribution in [2.45, 2.75) is 6.92 Å². The van der Waals surface area contributed by atoms with Gasteiger partial charge in [-0.3, -0.25) is 9.69 Å². The molecule has 0 aromatic heterocycles. The van der Waals surface area contributed by atoms with Crippen LogP contribution in [0.25, 0.3) is 4.98 Å². The zero-order chi connectivity index (χ0) is 15.0. The second-order valence-corrected chi connectivity index (χ2v) is 3.73. The lowest BCUT2D eigenvalue weighted by Crippen LogP contribution is -2.32. The van der Waals surface area contributed by atoms with E-state index in [1.165, 1.54) is 11.0 Å². The Bertz CT molecular complexity index is 547. The van der Waals surface area contributed by atoms with Crippen molar-refractivity contribution in [3.05, 3.63) is 59.6 Å². The van der Waals surface area contributed by atoms with Crippen LogP contribution in [0.2, 0.25) is 0 Å². The standard InChI is InChI=1S/C14H15N3O3/c1-3-10-17(11-8-6-5-7-9-11)13(18)12(16-15)14(19)20-4-2/h3,5-9H,1,4,10H2,2H3/p+1. The summed E-state index contributed by atoms with van der Waals surface area (Å²) in [6.45, 7) is 5.55. The first kappa shape index (κ1) is 15.2. The van der Waals surface area contributed by atoms with Crippen LogP contribution in [0.4, 0.5) is 5.69 Å². The molecular formula is C14H16N3O3+. The molecule has 0 atom stereocenters. The zero-order valence-corrected chi connectivity index (χ0v) is 11.2. The number of ether oxygens (including phenoxy) is 1. The molecule has 1 aromatic carbocycles. The lowest BCUT2D eigenvalue weighted by molar-refractivity contribution is -0.115. The number of aliphatic hydroxyl groups excluding tert-OH is 1. The van der Waals surface area contributed by atoms with Gasteiger partial charge < -0.3 is 9.84 Å². The molecule has 0 aliphatic heterocycles. The van der Waals surface area contributed by atoms with E-state index in [9.17, 15) is 9.90 Å². The molecule has 0 bridgehead atoms. The third-order valence-electron chi connectivity index (χ3n) is 2.41. The minimum atomic E-state index is -0.718. The molecular weight excluding hydrogens is 258 g/mol. The van der Waals surface area contributed by atoms with E-state index in [4.69, 9.17) is 10.1 Å². The molecule has 0 fully saturated rings. The zero-order valence-electron chi connectivity index (χ0n) is 11.2. The van der Waals surface area contributed by atoms with Gasteiger partial charge in [0, 0.05) is 12.2 Å². The van der Waals surface area contributed by atoms with Gasteiger partial charge >= 0.3 is 17.5 Å². The molecule has 1 N–H and O–H groups in total. The maximum Gasteiger partial charge on any atom is 0.527 e. The molecule has 0 unspecified atom stereocenters. The molecule has 0 aliphatic carbocycles. The summed E-state index contributed by atoms with van der Waals surface area (Å²) in [5, 5.41) is 18.5. The van der Waals surface area contributed by atoms with Gasteiger partial charge in [-0.25, -0.2) is 0 Å². The number of aliphatic hydroxyl groups is 1. The minimum absolute atomic E-state index is 0.144. The second kappa shape index (κ2) is 7.59. The van der Waals surface area contributed by atoms with E-state index in [1.807, 2.05) is 6.07 Å². The Morgan fingerprint density at radius 1 is 1.50 bits per heavy atom. The van der Waals surface area contributed by atoms with Crippen molar-refractivity contribution in [2.24, 2.45) is 0 Å². The largest absolute Gasteiger partial charge is 0.527 e. The maximum atomic E-state index is 12.3. The molecule has 20 heavy (non-hydrogen) atoms. The van der Waals surface area contributed by atoms with E-state index in [0.717, 1.165) is 0 Å². The van der Waals surface area contributed by atoms with Crippen molar-refractivity contribution in [3.63, 3.8) is 0 Å². The van der Waals surface area contributed by atoms with Gasteiger partial charge in [-0.15, -0.1) is 6.58 Å². The molecule has 0 saturated carbocycles. The highest BCUT2D eigenvalue weighted by Gasteiger charge is 2.35. The molecule has 0 heterocycles. The Kier molecular flexibility index (Phi) is 5.78. The molecule has 1 rings (SSSR count). The van der Waals surface area contributed by atoms with E-state index in [1.54, 1.807) is 31.2 Å². The quantitative estimate of drug-likeness (QED) is 0.374. The smallest absolute Gasteiger partial charge is 0.475 e. The molecule has 0 radical (unpaired) electrons. The van der Waals surface area contributed by atoms with E-state index in [0.29, 0.717) is 5.69 Å². The summed E-state index contributed by atoms with van der Waals surface area (Å²) >= 11 is 0. The van der Waals surface area contributed by atoms with Gasteiger partial charge in [0.2, 0.25) is 5.39 Å².